The Kier molecular flexibility index (Phi) is 5.45. The molecule has 1 fully saturated rings. The van der Waals surface area contributed by atoms with Crippen LogP contribution in [0.25, 0.3) is 10.8 Å². The summed E-state index contributed by atoms with van der Waals surface area (Å²) in [6, 6.07) is 10.6. The Hall–Kier alpha value is -4.33. The summed E-state index contributed by atoms with van der Waals surface area (Å²) >= 11 is 0. The number of hydrogen-bond donors (Lipinski definition) is 2. The number of ketones is 2. The number of amides is 2. The van der Waals surface area contributed by atoms with Crippen LogP contribution in [0.15, 0.2) is 70.8 Å². The SMILES string of the molecule is CC1=CC(=O)C2=C(C1=O)C(c1ccc(O)c3ccccc13)C1=CCC3C(=O)N(CCC(=O)O)C(=O)C3C1C2. The van der Waals surface area contributed by atoms with E-state index in [-0.39, 0.29) is 49.0 Å². The molecule has 2 aromatic rings. The number of aliphatic carboxylic acids is 1. The van der Waals surface area contributed by atoms with E-state index in [2.05, 4.69) is 0 Å². The number of Topliss-reactive ketones (excluding diaryl/α,β-unsaturated/α-hetero) is 1. The summed E-state index contributed by atoms with van der Waals surface area (Å²) in [5, 5.41) is 21.0. The van der Waals surface area contributed by atoms with E-state index in [9.17, 15) is 29.1 Å². The second kappa shape index (κ2) is 8.62. The van der Waals surface area contributed by atoms with E-state index >= 15 is 0 Å². The number of carboxylic acids is 1. The third kappa shape index (κ3) is 3.40. The molecule has 38 heavy (non-hydrogen) atoms. The molecule has 6 rings (SSSR count). The molecule has 8 heteroatoms. The van der Waals surface area contributed by atoms with Crippen LogP contribution in [0.2, 0.25) is 0 Å². The smallest absolute Gasteiger partial charge is 0.305 e. The van der Waals surface area contributed by atoms with Crippen LogP contribution in [-0.2, 0) is 24.0 Å². The molecule has 2 amide bonds. The van der Waals surface area contributed by atoms with Crippen LogP contribution in [0.4, 0.5) is 0 Å². The summed E-state index contributed by atoms with van der Waals surface area (Å²) in [4.78, 5) is 65.7. The van der Waals surface area contributed by atoms with Crippen molar-refractivity contribution in [2.75, 3.05) is 6.54 Å². The Bertz CT molecular complexity index is 1580. The molecule has 1 heterocycles. The standard InChI is InChI=1S/C30H25NO7/c1-14-12-23(33)21-13-20-18(6-7-19-26(20)30(38)31(29(19)37)11-10-24(34)35)25(27(21)28(14)36)17-8-9-22(32)16-5-3-2-4-15(16)17/h2-6,8-9,12,19-20,25-26,32H,7,10-11,13H2,1H3,(H,34,35). The van der Waals surface area contributed by atoms with Crippen molar-refractivity contribution < 1.29 is 34.2 Å². The molecule has 0 bridgehead atoms. The van der Waals surface area contributed by atoms with Gasteiger partial charge in [0.15, 0.2) is 11.6 Å². The lowest BCUT2D eigenvalue weighted by atomic mass is 9.59. The van der Waals surface area contributed by atoms with E-state index in [1.54, 1.807) is 31.2 Å². The number of carboxylic acid groups (broad SMARTS) is 1. The minimum atomic E-state index is -1.10. The summed E-state index contributed by atoms with van der Waals surface area (Å²) in [5.74, 6) is -4.77. The summed E-state index contributed by atoms with van der Waals surface area (Å²) < 4.78 is 0. The van der Waals surface area contributed by atoms with E-state index in [0.29, 0.717) is 22.1 Å². The van der Waals surface area contributed by atoms with E-state index in [1.165, 1.54) is 6.08 Å². The molecule has 1 saturated heterocycles. The number of rotatable bonds is 4. The van der Waals surface area contributed by atoms with Gasteiger partial charge in [-0.3, -0.25) is 28.9 Å². The van der Waals surface area contributed by atoms with Crippen molar-refractivity contribution in [3.05, 3.63) is 76.4 Å². The fraction of sp³-hybridized carbons (Fsp3) is 0.300. The zero-order valence-corrected chi connectivity index (χ0v) is 20.6. The third-order valence-corrected chi connectivity index (χ3v) is 8.45. The molecule has 4 unspecified atom stereocenters. The first-order valence-electron chi connectivity index (χ1n) is 12.7. The van der Waals surface area contributed by atoms with Gasteiger partial charge in [-0.05, 0) is 48.8 Å². The molecule has 0 saturated carbocycles. The molecular weight excluding hydrogens is 486 g/mol. The molecule has 2 aromatic carbocycles. The second-order valence-corrected chi connectivity index (χ2v) is 10.4. The van der Waals surface area contributed by atoms with Crippen molar-refractivity contribution >= 4 is 40.1 Å². The Morgan fingerprint density at radius 1 is 1.00 bits per heavy atom. The van der Waals surface area contributed by atoms with Crippen molar-refractivity contribution in [2.45, 2.75) is 32.1 Å². The molecule has 4 atom stereocenters. The Morgan fingerprint density at radius 2 is 1.74 bits per heavy atom. The average molecular weight is 512 g/mol. The maximum atomic E-state index is 13.6. The number of hydrogen-bond acceptors (Lipinski definition) is 6. The van der Waals surface area contributed by atoms with Gasteiger partial charge in [0.05, 0.1) is 18.3 Å². The first-order valence-corrected chi connectivity index (χ1v) is 12.7. The maximum Gasteiger partial charge on any atom is 0.305 e. The minimum absolute atomic E-state index is 0.0939. The lowest BCUT2D eigenvalue weighted by molar-refractivity contribution is -0.142. The largest absolute Gasteiger partial charge is 0.507 e. The summed E-state index contributed by atoms with van der Waals surface area (Å²) in [6.45, 7) is 1.42. The molecule has 8 nitrogen and oxygen atoms in total. The molecule has 3 aliphatic carbocycles. The number of carbonyl (C=O) groups is 5. The molecule has 0 radical (unpaired) electrons. The van der Waals surface area contributed by atoms with Crippen LogP contribution < -0.4 is 0 Å². The lowest BCUT2D eigenvalue weighted by Crippen LogP contribution is -2.40. The minimum Gasteiger partial charge on any atom is -0.507 e. The van der Waals surface area contributed by atoms with Gasteiger partial charge >= 0.3 is 5.97 Å². The number of phenolic OH excluding ortho intramolecular Hbond substituents is 1. The van der Waals surface area contributed by atoms with Crippen molar-refractivity contribution in [2.24, 2.45) is 17.8 Å². The number of fused-ring (bicyclic) bond motifs is 4. The first-order chi connectivity index (χ1) is 18.2. The van der Waals surface area contributed by atoms with Crippen molar-refractivity contribution in [1.29, 1.82) is 0 Å². The Labute approximate surface area is 217 Å². The molecule has 0 spiro atoms. The predicted molar refractivity (Wildman–Crippen MR) is 136 cm³/mol. The van der Waals surface area contributed by atoms with Gasteiger partial charge in [-0.1, -0.05) is 42.0 Å². The zero-order valence-electron chi connectivity index (χ0n) is 20.6. The second-order valence-electron chi connectivity index (χ2n) is 10.4. The van der Waals surface area contributed by atoms with Crippen molar-refractivity contribution in [3.63, 3.8) is 0 Å². The quantitative estimate of drug-likeness (QED) is 0.365. The van der Waals surface area contributed by atoms with Gasteiger partial charge in [0.2, 0.25) is 11.8 Å². The summed E-state index contributed by atoms with van der Waals surface area (Å²) in [5.41, 5.74) is 2.66. The van der Waals surface area contributed by atoms with Crippen molar-refractivity contribution in [1.82, 2.24) is 4.90 Å². The number of allylic oxidation sites excluding steroid dienone is 6. The molecular formula is C30H25NO7. The van der Waals surface area contributed by atoms with Crippen LogP contribution in [-0.4, -0.2) is 51.0 Å². The average Bonchev–Trinajstić information content (AvgIpc) is 3.14. The zero-order chi connectivity index (χ0) is 26.9. The Balaban J connectivity index is 1.53. The third-order valence-electron chi connectivity index (χ3n) is 8.45. The highest BCUT2D eigenvalue weighted by Gasteiger charge is 2.56. The highest BCUT2D eigenvalue weighted by molar-refractivity contribution is 6.24. The first kappa shape index (κ1) is 24.0. The van der Waals surface area contributed by atoms with Gasteiger partial charge in [-0.2, -0.15) is 0 Å². The van der Waals surface area contributed by atoms with Crippen LogP contribution >= 0.6 is 0 Å². The molecule has 4 aliphatic rings. The Morgan fingerprint density at radius 3 is 2.47 bits per heavy atom. The maximum absolute atomic E-state index is 13.6. The van der Waals surface area contributed by atoms with Crippen molar-refractivity contribution in [3.8, 4) is 5.75 Å². The van der Waals surface area contributed by atoms with Gasteiger partial charge in [0.1, 0.15) is 5.75 Å². The number of likely N-dealkylation sites (tertiary alicyclic amines) is 1. The fourth-order valence-corrected chi connectivity index (χ4v) is 6.77. The molecule has 0 aromatic heterocycles. The summed E-state index contributed by atoms with van der Waals surface area (Å²) in [6.07, 6.45) is 3.38. The molecule has 192 valence electrons. The van der Waals surface area contributed by atoms with Crippen LogP contribution in [0, 0.1) is 17.8 Å². The normalized spacial score (nSPS) is 26.7. The lowest BCUT2D eigenvalue weighted by Gasteiger charge is -2.42. The number of aromatic hydroxyl groups is 1. The highest BCUT2D eigenvalue weighted by Crippen LogP contribution is 2.56. The van der Waals surface area contributed by atoms with E-state index < -0.39 is 35.5 Å². The predicted octanol–water partition coefficient (Wildman–Crippen LogP) is 3.45. The van der Waals surface area contributed by atoms with Crippen LogP contribution in [0.1, 0.15) is 37.7 Å². The van der Waals surface area contributed by atoms with Gasteiger partial charge in [-0.25, -0.2) is 0 Å². The van der Waals surface area contributed by atoms with Gasteiger partial charge < -0.3 is 10.2 Å². The number of carbonyl (C=O) groups excluding carboxylic acids is 4. The van der Waals surface area contributed by atoms with E-state index in [4.69, 9.17) is 5.11 Å². The fourth-order valence-electron chi connectivity index (χ4n) is 6.77. The van der Waals surface area contributed by atoms with Gasteiger partial charge in [0, 0.05) is 34.6 Å². The topological polar surface area (TPSA) is 129 Å². The molecule has 1 aliphatic heterocycles. The van der Waals surface area contributed by atoms with Gasteiger partial charge in [0.25, 0.3) is 0 Å². The van der Waals surface area contributed by atoms with Gasteiger partial charge in [-0.15, -0.1) is 0 Å². The number of nitrogens with zero attached hydrogens (tertiary/aromatic N) is 1. The highest BCUT2D eigenvalue weighted by atomic mass is 16.4. The molecule has 2 N–H and O–H groups in total. The number of imide groups is 1. The van der Waals surface area contributed by atoms with Crippen LogP contribution in [0.5, 0.6) is 5.75 Å². The monoisotopic (exact) mass is 511 g/mol. The number of phenols is 1. The van der Waals surface area contributed by atoms with Crippen LogP contribution in [0.3, 0.4) is 0 Å². The number of benzene rings is 2. The van der Waals surface area contributed by atoms with E-state index in [0.717, 1.165) is 21.4 Å². The summed E-state index contributed by atoms with van der Waals surface area (Å²) in [7, 11) is 0. The van der Waals surface area contributed by atoms with E-state index in [1.807, 2.05) is 18.2 Å².